The summed E-state index contributed by atoms with van der Waals surface area (Å²) in [6.07, 6.45) is 0. The molecule has 0 atom stereocenters. The Morgan fingerprint density at radius 1 is 0.679 bits per heavy atom. The quantitative estimate of drug-likeness (QED) is 0.634. The van der Waals surface area contributed by atoms with Crippen LogP contribution in [0.1, 0.15) is 20.8 Å². The zero-order chi connectivity index (χ0) is 20.2. The summed E-state index contributed by atoms with van der Waals surface area (Å²) in [7, 11) is -4.52. The topological polar surface area (TPSA) is 58.9 Å². The van der Waals surface area contributed by atoms with Crippen LogP contribution in [-0.4, -0.2) is 25.7 Å². The minimum atomic E-state index is -2.68. The molecule has 0 aliphatic rings. The SMILES string of the molecule is CC(C)(C)[Si](Oc1ccc(OB(O)O)cc1)(c1ccccc1)c1ccccc1. The number of hydrogen-bond donors (Lipinski definition) is 2. The first kappa shape index (κ1) is 20.2. The molecule has 0 heterocycles. The van der Waals surface area contributed by atoms with Crippen LogP contribution < -0.4 is 19.5 Å². The summed E-state index contributed by atoms with van der Waals surface area (Å²) in [5.74, 6) is 1.08. The Labute approximate surface area is 167 Å². The third-order valence-corrected chi connectivity index (χ3v) is 9.70. The van der Waals surface area contributed by atoms with Crippen molar-refractivity contribution in [2.45, 2.75) is 25.8 Å². The molecule has 3 rings (SSSR count). The van der Waals surface area contributed by atoms with Crippen LogP contribution >= 0.6 is 0 Å². The van der Waals surface area contributed by atoms with Crippen LogP contribution in [0.3, 0.4) is 0 Å². The molecule has 0 saturated carbocycles. The summed E-state index contributed by atoms with van der Waals surface area (Å²) < 4.78 is 11.8. The summed E-state index contributed by atoms with van der Waals surface area (Å²) in [4.78, 5) is 0. The first-order valence-electron chi connectivity index (χ1n) is 9.26. The predicted molar refractivity (Wildman–Crippen MR) is 116 cm³/mol. The van der Waals surface area contributed by atoms with Gasteiger partial charge in [-0.15, -0.1) is 0 Å². The van der Waals surface area contributed by atoms with Crippen molar-refractivity contribution >= 4 is 26.0 Å². The summed E-state index contributed by atoms with van der Waals surface area (Å²) in [6, 6.07) is 27.8. The van der Waals surface area contributed by atoms with Gasteiger partial charge in [-0.05, 0) is 39.7 Å². The number of benzene rings is 3. The molecule has 28 heavy (non-hydrogen) atoms. The molecule has 0 aliphatic heterocycles. The monoisotopic (exact) mass is 392 g/mol. The van der Waals surface area contributed by atoms with Crippen molar-refractivity contribution in [2.75, 3.05) is 0 Å². The Morgan fingerprint density at radius 3 is 1.50 bits per heavy atom. The number of hydrogen-bond acceptors (Lipinski definition) is 4. The van der Waals surface area contributed by atoms with Gasteiger partial charge in [-0.1, -0.05) is 81.4 Å². The molecule has 0 radical (unpaired) electrons. The van der Waals surface area contributed by atoms with E-state index in [0.717, 1.165) is 0 Å². The minimum absolute atomic E-state index is 0.133. The van der Waals surface area contributed by atoms with Crippen molar-refractivity contribution < 1.29 is 19.1 Å². The summed E-state index contributed by atoms with van der Waals surface area (Å²) in [5.41, 5.74) is 0. The van der Waals surface area contributed by atoms with Gasteiger partial charge in [0, 0.05) is 0 Å². The third kappa shape index (κ3) is 4.14. The lowest BCUT2D eigenvalue weighted by Crippen LogP contribution is -2.68. The molecule has 0 unspecified atom stereocenters. The van der Waals surface area contributed by atoms with Crippen molar-refractivity contribution in [1.29, 1.82) is 0 Å². The van der Waals surface area contributed by atoms with Gasteiger partial charge in [0.15, 0.2) is 0 Å². The van der Waals surface area contributed by atoms with Crippen LogP contribution in [0, 0.1) is 0 Å². The summed E-state index contributed by atoms with van der Waals surface area (Å²) in [6.45, 7) is 6.66. The van der Waals surface area contributed by atoms with Gasteiger partial charge in [-0.25, -0.2) is 0 Å². The zero-order valence-electron chi connectivity index (χ0n) is 16.4. The summed E-state index contributed by atoms with van der Waals surface area (Å²) >= 11 is 0. The lowest BCUT2D eigenvalue weighted by molar-refractivity contribution is 0.288. The Hall–Kier alpha value is -2.54. The third-order valence-electron chi connectivity index (χ3n) is 4.75. The van der Waals surface area contributed by atoms with Crippen LogP contribution in [0.25, 0.3) is 0 Å². The van der Waals surface area contributed by atoms with Gasteiger partial charge in [-0.3, -0.25) is 0 Å². The lowest BCUT2D eigenvalue weighted by Gasteiger charge is -2.43. The van der Waals surface area contributed by atoms with Crippen LogP contribution in [0.2, 0.25) is 5.04 Å². The molecule has 6 heteroatoms. The maximum atomic E-state index is 8.97. The normalized spacial score (nSPS) is 11.8. The minimum Gasteiger partial charge on any atom is -0.534 e. The first-order chi connectivity index (χ1) is 13.3. The second-order valence-corrected chi connectivity index (χ2v) is 11.9. The van der Waals surface area contributed by atoms with Crippen molar-refractivity contribution in [1.82, 2.24) is 0 Å². The smallest absolute Gasteiger partial charge is 0.534 e. The second-order valence-electron chi connectivity index (χ2n) is 7.68. The molecule has 0 saturated heterocycles. The fourth-order valence-electron chi connectivity index (χ4n) is 3.53. The second kappa shape index (κ2) is 8.22. The molecule has 144 valence electrons. The van der Waals surface area contributed by atoms with Crippen LogP contribution in [0.15, 0.2) is 84.9 Å². The standard InChI is InChI=1S/C22H25BO4Si/c1-22(2,3)28(20-10-6-4-7-11-20,21-12-8-5-9-13-21)27-19-16-14-18(15-17-19)26-23(24)25/h4-17,24-25H,1-3H3. The molecule has 0 aromatic heterocycles. The van der Waals surface area contributed by atoms with Gasteiger partial charge in [0.1, 0.15) is 11.5 Å². The van der Waals surface area contributed by atoms with E-state index in [2.05, 4.69) is 69.3 Å². The van der Waals surface area contributed by atoms with Crippen LogP contribution in [0.4, 0.5) is 0 Å². The molecular formula is C22H25BO4Si. The fraction of sp³-hybridized carbons (Fsp3) is 0.182. The average Bonchev–Trinajstić information content (AvgIpc) is 2.67. The lowest BCUT2D eigenvalue weighted by atomic mass is 10.2. The van der Waals surface area contributed by atoms with Crippen molar-refractivity contribution in [3.8, 4) is 11.5 Å². The maximum Gasteiger partial charge on any atom is 0.707 e. The van der Waals surface area contributed by atoms with Gasteiger partial charge >= 0.3 is 15.6 Å². The first-order valence-corrected chi connectivity index (χ1v) is 11.2. The van der Waals surface area contributed by atoms with Crippen LogP contribution in [0.5, 0.6) is 11.5 Å². The van der Waals surface area contributed by atoms with E-state index >= 15 is 0 Å². The van der Waals surface area contributed by atoms with E-state index in [1.165, 1.54) is 10.4 Å². The molecule has 4 nitrogen and oxygen atoms in total. The van der Waals surface area contributed by atoms with Crippen molar-refractivity contribution in [3.63, 3.8) is 0 Å². The van der Waals surface area contributed by atoms with E-state index in [-0.39, 0.29) is 5.04 Å². The van der Waals surface area contributed by atoms with Crippen molar-refractivity contribution in [3.05, 3.63) is 84.9 Å². The van der Waals surface area contributed by atoms with Gasteiger partial charge in [0.25, 0.3) is 0 Å². The average molecular weight is 392 g/mol. The van der Waals surface area contributed by atoms with Gasteiger partial charge in [0.2, 0.25) is 0 Å². The van der Waals surface area contributed by atoms with Gasteiger partial charge in [0.05, 0.1) is 0 Å². The molecule has 0 bridgehead atoms. The Balaban J connectivity index is 2.11. The molecule has 3 aromatic carbocycles. The molecule has 3 aromatic rings. The highest BCUT2D eigenvalue weighted by atomic mass is 28.4. The maximum absolute atomic E-state index is 8.97. The van der Waals surface area contributed by atoms with E-state index in [1.54, 1.807) is 24.3 Å². The highest BCUT2D eigenvalue weighted by molar-refractivity contribution is 7.00. The van der Waals surface area contributed by atoms with Gasteiger partial charge in [-0.2, -0.15) is 0 Å². The Morgan fingerprint density at radius 2 is 1.11 bits per heavy atom. The zero-order valence-corrected chi connectivity index (χ0v) is 17.4. The van der Waals surface area contributed by atoms with E-state index in [4.69, 9.17) is 19.1 Å². The highest BCUT2D eigenvalue weighted by Gasteiger charge is 2.52. The molecular weight excluding hydrogens is 367 g/mol. The van der Waals surface area contributed by atoms with Gasteiger partial charge < -0.3 is 19.1 Å². The summed E-state index contributed by atoms with van der Waals surface area (Å²) in [5, 5.41) is 20.2. The molecule has 0 fully saturated rings. The Bertz CT molecular complexity index is 838. The van der Waals surface area contributed by atoms with Crippen molar-refractivity contribution in [2.24, 2.45) is 0 Å². The van der Waals surface area contributed by atoms with E-state index in [1.807, 2.05) is 12.1 Å². The molecule has 0 aliphatic carbocycles. The largest absolute Gasteiger partial charge is 0.707 e. The number of rotatable bonds is 6. The van der Waals surface area contributed by atoms with E-state index < -0.39 is 15.6 Å². The van der Waals surface area contributed by atoms with E-state index in [9.17, 15) is 0 Å². The fourth-order valence-corrected chi connectivity index (χ4v) is 7.95. The molecule has 0 spiro atoms. The van der Waals surface area contributed by atoms with E-state index in [0.29, 0.717) is 11.5 Å². The Kier molecular flexibility index (Phi) is 5.93. The predicted octanol–water partition coefficient (Wildman–Crippen LogP) is 2.97. The molecule has 0 amide bonds. The highest BCUT2D eigenvalue weighted by Crippen LogP contribution is 2.37. The molecule has 2 N–H and O–H groups in total. The van der Waals surface area contributed by atoms with Crippen LogP contribution in [-0.2, 0) is 0 Å².